The summed E-state index contributed by atoms with van der Waals surface area (Å²) >= 11 is 0. The highest BCUT2D eigenvalue weighted by atomic mass is 16.6. The fourth-order valence-corrected chi connectivity index (χ4v) is 1.13. The summed E-state index contributed by atoms with van der Waals surface area (Å²) in [4.78, 5) is 20.9. The van der Waals surface area contributed by atoms with Crippen molar-refractivity contribution >= 4 is 12.1 Å². The highest BCUT2D eigenvalue weighted by Crippen LogP contribution is 2.14. The van der Waals surface area contributed by atoms with Gasteiger partial charge in [0.05, 0.1) is 5.56 Å². The van der Waals surface area contributed by atoms with Crippen molar-refractivity contribution in [2.24, 2.45) is 0 Å². The van der Waals surface area contributed by atoms with Crippen LogP contribution < -0.4 is 5.32 Å². The van der Waals surface area contributed by atoms with Gasteiger partial charge < -0.3 is 15.2 Å². The third kappa shape index (κ3) is 7.81. The second kappa shape index (κ2) is 7.41. The van der Waals surface area contributed by atoms with Gasteiger partial charge in [-0.25, -0.2) is 9.59 Å². The minimum atomic E-state index is -0.995. The van der Waals surface area contributed by atoms with Gasteiger partial charge in [-0.2, -0.15) is 0 Å². The SMILES string of the molecule is CNC(=O)O.Cc1ccccc1C(=O)OC(C)(C)C. The number of esters is 1. The van der Waals surface area contributed by atoms with E-state index >= 15 is 0 Å². The fourth-order valence-electron chi connectivity index (χ4n) is 1.13. The van der Waals surface area contributed by atoms with Gasteiger partial charge in [-0.1, -0.05) is 18.2 Å². The van der Waals surface area contributed by atoms with E-state index in [4.69, 9.17) is 9.84 Å². The molecule has 0 spiro atoms. The molecule has 0 aromatic heterocycles. The number of carboxylic acid groups (broad SMARTS) is 1. The molecule has 0 fully saturated rings. The van der Waals surface area contributed by atoms with Gasteiger partial charge in [0.2, 0.25) is 0 Å². The molecule has 1 aromatic rings. The van der Waals surface area contributed by atoms with E-state index in [-0.39, 0.29) is 5.97 Å². The predicted molar refractivity (Wildman–Crippen MR) is 73.4 cm³/mol. The first-order valence-corrected chi connectivity index (χ1v) is 5.87. The first-order chi connectivity index (χ1) is 8.67. The lowest BCUT2D eigenvalue weighted by Gasteiger charge is -2.20. The van der Waals surface area contributed by atoms with Crippen molar-refractivity contribution in [3.05, 3.63) is 35.4 Å². The fraction of sp³-hybridized carbons (Fsp3) is 0.429. The minimum absolute atomic E-state index is 0.254. The molecule has 0 radical (unpaired) electrons. The molecule has 0 heterocycles. The molecule has 5 nitrogen and oxygen atoms in total. The molecule has 1 aromatic carbocycles. The molecular formula is C14H21NO4. The highest BCUT2D eigenvalue weighted by molar-refractivity contribution is 5.91. The van der Waals surface area contributed by atoms with Crippen LogP contribution in [0.1, 0.15) is 36.7 Å². The van der Waals surface area contributed by atoms with Crippen LogP contribution in [0.25, 0.3) is 0 Å². The Morgan fingerprint density at radius 1 is 1.21 bits per heavy atom. The van der Waals surface area contributed by atoms with Crippen molar-refractivity contribution in [1.29, 1.82) is 0 Å². The largest absolute Gasteiger partial charge is 0.465 e. The number of hydrogen-bond donors (Lipinski definition) is 2. The van der Waals surface area contributed by atoms with Crippen molar-refractivity contribution < 1.29 is 19.4 Å². The van der Waals surface area contributed by atoms with Crippen LogP contribution in [0, 0.1) is 6.92 Å². The van der Waals surface area contributed by atoms with Gasteiger partial charge in [-0.15, -0.1) is 0 Å². The predicted octanol–water partition coefficient (Wildman–Crippen LogP) is 2.83. The summed E-state index contributed by atoms with van der Waals surface area (Å²) in [5.74, 6) is -0.254. The topological polar surface area (TPSA) is 75.6 Å². The lowest BCUT2D eigenvalue weighted by Crippen LogP contribution is -2.24. The smallest absolute Gasteiger partial charge is 0.404 e. The molecular weight excluding hydrogens is 246 g/mol. The Kier molecular flexibility index (Phi) is 6.61. The van der Waals surface area contributed by atoms with Crippen molar-refractivity contribution in [2.45, 2.75) is 33.3 Å². The van der Waals surface area contributed by atoms with Crippen LogP contribution in [-0.4, -0.2) is 29.8 Å². The monoisotopic (exact) mass is 267 g/mol. The molecule has 19 heavy (non-hydrogen) atoms. The summed E-state index contributed by atoms with van der Waals surface area (Å²) < 4.78 is 5.27. The van der Waals surface area contributed by atoms with Crippen LogP contribution in [-0.2, 0) is 4.74 Å². The Bertz CT molecular complexity index is 435. The number of amides is 1. The third-order valence-electron chi connectivity index (χ3n) is 1.98. The van der Waals surface area contributed by atoms with Gasteiger partial charge in [-0.3, -0.25) is 0 Å². The molecule has 5 heteroatoms. The summed E-state index contributed by atoms with van der Waals surface area (Å²) in [7, 11) is 1.35. The summed E-state index contributed by atoms with van der Waals surface area (Å²) in [6.07, 6.45) is -0.995. The number of hydrogen-bond acceptors (Lipinski definition) is 3. The maximum Gasteiger partial charge on any atom is 0.404 e. The van der Waals surface area contributed by atoms with Crippen LogP contribution in [0.5, 0.6) is 0 Å². The number of benzene rings is 1. The van der Waals surface area contributed by atoms with E-state index in [0.29, 0.717) is 5.56 Å². The summed E-state index contributed by atoms with van der Waals surface area (Å²) in [6.45, 7) is 7.49. The van der Waals surface area contributed by atoms with Crippen molar-refractivity contribution in [3.63, 3.8) is 0 Å². The molecule has 0 aliphatic heterocycles. The van der Waals surface area contributed by atoms with E-state index in [1.54, 1.807) is 6.07 Å². The van der Waals surface area contributed by atoms with Gasteiger partial charge in [0.15, 0.2) is 0 Å². The van der Waals surface area contributed by atoms with E-state index in [2.05, 4.69) is 0 Å². The maximum atomic E-state index is 11.7. The molecule has 1 rings (SSSR count). The van der Waals surface area contributed by atoms with Gasteiger partial charge in [0, 0.05) is 7.05 Å². The van der Waals surface area contributed by atoms with Gasteiger partial charge in [0.25, 0.3) is 0 Å². The Hall–Kier alpha value is -2.04. The van der Waals surface area contributed by atoms with Gasteiger partial charge in [-0.05, 0) is 39.3 Å². The van der Waals surface area contributed by atoms with Crippen molar-refractivity contribution in [3.8, 4) is 0 Å². The molecule has 0 atom stereocenters. The number of carbonyl (C=O) groups is 2. The minimum Gasteiger partial charge on any atom is -0.465 e. The molecule has 0 unspecified atom stereocenters. The lowest BCUT2D eigenvalue weighted by atomic mass is 10.1. The zero-order valence-corrected chi connectivity index (χ0v) is 12.0. The quantitative estimate of drug-likeness (QED) is 0.767. The van der Waals surface area contributed by atoms with E-state index in [1.165, 1.54) is 7.05 Å². The number of rotatable bonds is 1. The molecule has 0 saturated carbocycles. The van der Waals surface area contributed by atoms with Crippen LogP contribution in [0.2, 0.25) is 0 Å². The zero-order chi connectivity index (χ0) is 15.1. The first-order valence-electron chi connectivity index (χ1n) is 5.87. The lowest BCUT2D eigenvalue weighted by molar-refractivity contribution is 0.00687. The van der Waals surface area contributed by atoms with Crippen molar-refractivity contribution in [1.82, 2.24) is 5.32 Å². The maximum absolute atomic E-state index is 11.7. The normalized spacial score (nSPS) is 9.95. The first kappa shape index (κ1) is 17.0. The molecule has 0 saturated heterocycles. The Balaban J connectivity index is 0.000000555. The molecule has 0 bridgehead atoms. The average Bonchev–Trinajstić information content (AvgIpc) is 2.28. The molecule has 1 amide bonds. The highest BCUT2D eigenvalue weighted by Gasteiger charge is 2.18. The van der Waals surface area contributed by atoms with Crippen molar-refractivity contribution in [2.75, 3.05) is 7.05 Å². The molecule has 106 valence electrons. The molecule has 0 aliphatic carbocycles. The molecule has 0 aliphatic rings. The van der Waals surface area contributed by atoms with E-state index in [0.717, 1.165) is 5.56 Å². The van der Waals surface area contributed by atoms with E-state index in [9.17, 15) is 9.59 Å². The Labute approximate surface area is 113 Å². The molecule has 2 N–H and O–H groups in total. The Morgan fingerprint density at radius 2 is 1.68 bits per heavy atom. The van der Waals surface area contributed by atoms with Crippen LogP contribution in [0.3, 0.4) is 0 Å². The zero-order valence-electron chi connectivity index (χ0n) is 12.0. The van der Waals surface area contributed by atoms with Gasteiger partial charge in [0.1, 0.15) is 5.60 Å². The van der Waals surface area contributed by atoms with E-state index < -0.39 is 11.7 Å². The second-order valence-corrected chi connectivity index (χ2v) is 4.87. The number of ether oxygens (including phenoxy) is 1. The van der Waals surface area contributed by atoms with Crippen LogP contribution in [0.4, 0.5) is 4.79 Å². The second-order valence-electron chi connectivity index (χ2n) is 4.87. The summed E-state index contributed by atoms with van der Waals surface area (Å²) in [5, 5.41) is 9.56. The average molecular weight is 267 g/mol. The number of aryl methyl sites for hydroxylation is 1. The number of carbonyl (C=O) groups excluding carboxylic acids is 1. The standard InChI is InChI=1S/C12H16O2.C2H5NO2/c1-9-7-5-6-8-10(9)11(13)14-12(2,3)4;1-3-2(4)5/h5-8H,1-4H3;3H,1H3,(H,4,5). The third-order valence-corrected chi connectivity index (χ3v) is 1.98. The summed E-state index contributed by atoms with van der Waals surface area (Å²) in [5.41, 5.74) is 1.16. The number of nitrogens with one attached hydrogen (secondary N) is 1. The van der Waals surface area contributed by atoms with Gasteiger partial charge >= 0.3 is 12.1 Å². The van der Waals surface area contributed by atoms with E-state index in [1.807, 2.05) is 51.2 Å². The Morgan fingerprint density at radius 3 is 2.05 bits per heavy atom. The summed E-state index contributed by atoms with van der Waals surface area (Å²) in [6, 6.07) is 7.43. The van der Waals surface area contributed by atoms with Crippen LogP contribution in [0.15, 0.2) is 24.3 Å². The van der Waals surface area contributed by atoms with Crippen LogP contribution >= 0.6 is 0 Å².